The maximum Gasteiger partial charge on any atom is 0.257 e. The van der Waals surface area contributed by atoms with E-state index in [1.807, 2.05) is 37.4 Å². The van der Waals surface area contributed by atoms with Gasteiger partial charge in [0.2, 0.25) is 0 Å². The molecular weight excluding hydrogens is 280 g/mol. The first-order chi connectivity index (χ1) is 10.5. The number of piperidine rings is 1. The fourth-order valence-electron chi connectivity index (χ4n) is 3.20. The van der Waals surface area contributed by atoms with E-state index in [0.29, 0.717) is 12.1 Å². The summed E-state index contributed by atoms with van der Waals surface area (Å²) < 4.78 is 3.65. The lowest BCUT2D eigenvalue weighted by molar-refractivity contribution is 0.0670. The van der Waals surface area contributed by atoms with Crippen LogP contribution in [-0.4, -0.2) is 48.4 Å². The summed E-state index contributed by atoms with van der Waals surface area (Å²) in [4.78, 5) is 19.0. The van der Waals surface area contributed by atoms with Gasteiger partial charge in [0.25, 0.3) is 5.91 Å². The van der Waals surface area contributed by atoms with Crippen molar-refractivity contribution in [2.45, 2.75) is 39.7 Å². The molecule has 3 heterocycles. The molecule has 118 valence electrons. The monoisotopic (exact) mass is 302 g/mol. The number of likely N-dealkylation sites (tertiary alicyclic amines) is 1. The van der Waals surface area contributed by atoms with Crippen LogP contribution in [0.15, 0.2) is 6.20 Å². The molecule has 7 heteroatoms. The number of hydrogen-bond donors (Lipinski definition) is 0. The van der Waals surface area contributed by atoms with Gasteiger partial charge in [-0.1, -0.05) is 0 Å². The van der Waals surface area contributed by atoms with Gasteiger partial charge in [0.1, 0.15) is 11.6 Å². The molecule has 0 aliphatic carbocycles. The van der Waals surface area contributed by atoms with Crippen LogP contribution < -0.4 is 0 Å². The van der Waals surface area contributed by atoms with E-state index in [4.69, 9.17) is 0 Å². The molecule has 1 aliphatic heterocycles. The lowest BCUT2D eigenvalue weighted by atomic mass is 10.0. The van der Waals surface area contributed by atoms with Gasteiger partial charge in [-0.2, -0.15) is 10.2 Å². The Morgan fingerprint density at radius 1 is 1.27 bits per heavy atom. The zero-order chi connectivity index (χ0) is 15.9. The maximum absolute atomic E-state index is 12.7. The largest absolute Gasteiger partial charge is 0.336 e. The van der Waals surface area contributed by atoms with Gasteiger partial charge in [-0.15, -0.1) is 0 Å². The Morgan fingerprint density at radius 3 is 2.64 bits per heavy atom. The fraction of sp³-hybridized carbons (Fsp3) is 0.600. The van der Waals surface area contributed by atoms with Gasteiger partial charge < -0.3 is 4.90 Å². The predicted molar refractivity (Wildman–Crippen MR) is 81.6 cm³/mol. The summed E-state index contributed by atoms with van der Waals surface area (Å²) in [6.45, 7) is 7.20. The van der Waals surface area contributed by atoms with E-state index < -0.39 is 0 Å². The average Bonchev–Trinajstić information content (AvgIpc) is 2.99. The number of nitrogens with zero attached hydrogens (tertiary/aromatic N) is 6. The van der Waals surface area contributed by atoms with Crippen molar-refractivity contribution in [3.8, 4) is 0 Å². The molecule has 1 aliphatic rings. The number of carbonyl (C=O) groups is 1. The summed E-state index contributed by atoms with van der Waals surface area (Å²) >= 11 is 0. The molecule has 2 aromatic rings. The van der Waals surface area contributed by atoms with Crippen LogP contribution in [0, 0.1) is 20.8 Å². The first-order valence-electron chi connectivity index (χ1n) is 7.65. The summed E-state index contributed by atoms with van der Waals surface area (Å²) in [5.41, 5.74) is 1.47. The second-order valence-corrected chi connectivity index (χ2v) is 6.00. The minimum atomic E-state index is 0.0600. The molecule has 0 saturated carbocycles. The zero-order valence-electron chi connectivity index (χ0n) is 13.6. The van der Waals surface area contributed by atoms with Crippen LogP contribution >= 0.6 is 0 Å². The van der Waals surface area contributed by atoms with Gasteiger partial charge in [-0.05, 0) is 33.6 Å². The van der Waals surface area contributed by atoms with Crippen molar-refractivity contribution in [2.75, 3.05) is 13.1 Å². The third-order valence-corrected chi connectivity index (χ3v) is 4.18. The summed E-state index contributed by atoms with van der Waals surface area (Å²) in [5.74, 6) is 1.75. The second kappa shape index (κ2) is 5.55. The summed E-state index contributed by atoms with van der Waals surface area (Å²) in [7, 11) is 1.84. The Balaban J connectivity index is 1.80. The van der Waals surface area contributed by atoms with Gasteiger partial charge in [0.05, 0.1) is 17.3 Å². The summed E-state index contributed by atoms with van der Waals surface area (Å²) in [6.07, 6.45) is 3.81. The Morgan fingerprint density at radius 2 is 2.05 bits per heavy atom. The van der Waals surface area contributed by atoms with Crippen molar-refractivity contribution in [1.82, 2.24) is 29.4 Å². The topological polar surface area (TPSA) is 68.8 Å². The lowest BCUT2D eigenvalue weighted by Crippen LogP contribution is -2.41. The van der Waals surface area contributed by atoms with Gasteiger partial charge in [0.15, 0.2) is 0 Å². The highest BCUT2D eigenvalue weighted by atomic mass is 16.2. The number of rotatable bonds is 2. The lowest BCUT2D eigenvalue weighted by Gasteiger charge is -2.33. The third-order valence-electron chi connectivity index (χ3n) is 4.18. The molecule has 0 spiro atoms. The van der Waals surface area contributed by atoms with Crippen molar-refractivity contribution in [2.24, 2.45) is 7.05 Å². The van der Waals surface area contributed by atoms with E-state index in [0.717, 1.165) is 36.7 Å². The SMILES string of the molecule is Cc1nc(C)n([C@H]2CCCN(C(=O)c3cn(C)nc3C)C2)n1. The normalized spacial score (nSPS) is 18.7. The number of aromatic nitrogens is 5. The van der Waals surface area contributed by atoms with E-state index in [9.17, 15) is 4.79 Å². The summed E-state index contributed by atoms with van der Waals surface area (Å²) in [6, 6.07) is 0.205. The van der Waals surface area contributed by atoms with Crippen LogP contribution in [0.5, 0.6) is 0 Å². The molecule has 2 aromatic heterocycles. The molecule has 22 heavy (non-hydrogen) atoms. The molecule has 0 aromatic carbocycles. The fourth-order valence-corrected chi connectivity index (χ4v) is 3.20. The van der Waals surface area contributed by atoms with Crippen LogP contribution in [0.25, 0.3) is 0 Å². The molecule has 7 nitrogen and oxygen atoms in total. The molecule has 1 amide bonds. The van der Waals surface area contributed by atoms with Crippen molar-refractivity contribution >= 4 is 5.91 Å². The number of aryl methyl sites for hydroxylation is 4. The smallest absolute Gasteiger partial charge is 0.257 e. The predicted octanol–water partition coefficient (Wildman–Crippen LogP) is 1.41. The van der Waals surface area contributed by atoms with E-state index in [1.54, 1.807) is 10.9 Å². The van der Waals surface area contributed by atoms with Crippen molar-refractivity contribution in [3.05, 3.63) is 29.1 Å². The highest BCUT2D eigenvalue weighted by Crippen LogP contribution is 2.23. The minimum absolute atomic E-state index is 0.0600. The zero-order valence-corrected chi connectivity index (χ0v) is 13.6. The molecule has 0 unspecified atom stereocenters. The number of carbonyl (C=O) groups excluding carboxylic acids is 1. The summed E-state index contributed by atoms with van der Waals surface area (Å²) in [5, 5.41) is 8.74. The Hall–Kier alpha value is -2.18. The molecule has 1 saturated heterocycles. The average molecular weight is 302 g/mol. The Labute approximate surface area is 129 Å². The first kappa shape index (κ1) is 14.7. The maximum atomic E-state index is 12.7. The molecule has 3 rings (SSSR count). The number of hydrogen-bond acceptors (Lipinski definition) is 4. The Bertz CT molecular complexity index is 701. The van der Waals surface area contributed by atoms with Crippen LogP contribution in [0.1, 0.15) is 46.6 Å². The highest BCUT2D eigenvalue weighted by Gasteiger charge is 2.28. The minimum Gasteiger partial charge on any atom is -0.336 e. The molecule has 0 radical (unpaired) electrons. The second-order valence-electron chi connectivity index (χ2n) is 6.00. The molecule has 1 atom stereocenters. The van der Waals surface area contributed by atoms with Gasteiger partial charge in [-0.25, -0.2) is 9.67 Å². The van der Waals surface area contributed by atoms with E-state index in [1.165, 1.54) is 0 Å². The third kappa shape index (κ3) is 2.63. The quantitative estimate of drug-likeness (QED) is 0.841. The number of amides is 1. The van der Waals surface area contributed by atoms with Crippen LogP contribution in [0.3, 0.4) is 0 Å². The van der Waals surface area contributed by atoms with E-state index in [-0.39, 0.29) is 11.9 Å². The highest BCUT2D eigenvalue weighted by molar-refractivity contribution is 5.95. The van der Waals surface area contributed by atoms with Gasteiger partial charge in [-0.3, -0.25) is 9.48 Å². The molecule has 1 fully saturated rings. The first-order valence-corrected chi connectivity index (χ1v) is 7.65. The van der Waals surface area contributed by atoms with E-state index in [2.05, 4.69) is 15.2 Å². The standard InChI is InChI=1S/C15H22N6O/c1-10-14(9-19(4)17-10)15(22)20-7-5-6-13(8-20)21-12(3)16-11(2)18-21/h9,13H,5-8H2,1-4H3/t13-/m0/s1. The van der Waals surface area contributed by atoms with Gasteiger partial charge in [0, 0.05) is 26.3 Å². The van der Waals surface area contributed by atoms with Crippen molar-refractivity contribution in [1.29, 1.82) is 0 Å². The molecule has 0 bridgehead atoms. The Kier molecular flexibility index (Phi) is 3.72. The van der Waals surface area contributed by atoms with Crippen LogP contribution in [0.2, 0.25) is 0 Å². The van der Waals surface area contributed by atoms with E-state index >= 15 is 0 Å². The van der Waals surface area contributed by atoms with Gasteiger partial charge >= 0.3 is 0 Å². The van der Waals surface area contributed by atoms with Crippen molar-refractivity contribution in [3.63, 3.8) is 0 Å². The van der Waals surface area contributed by atoms with Crippen molar-refractivity contribution < 1.29 is 4.79 Å². The van der Waals surface area contributed by atoms with Crippen LogP contribution in [-0.2, 0) is 7.05 Å². The van der Waals surface area contributed by atoms with Crippen LogP contribution in [0.4, 0.5) is 0 Å². The molecular formula is C15H22N6O. The molecule has 0 N–H and O–H groups in total.